The minimum atomic E-state index is -0.457. The summed E-state index contributed by atoms with van der Waals surface area (Å²) < 4.78 is 5.44. The Hall–Kier alpha value is -1.49. The summed E-state index contributed by atoms with van der Waals surface area (Å²) in [4.78, 5) is 0. The quantitative estimate of drug-likeness (QED) is 0.602. The maximum Gasteiger partial charge on any atom is 0.124 e. The molecule has 1 aromatic carbocycles. The van der Waals surface area contributed by atoms with Crippen LogP contribution in [-0.2, 0) is 5.41 Å². The van der Waals surface area contributed by atoms with Crippen LogP contribution < -0.4 is 4.74 Å². The molecule has 1 aliphatic rings. The Labute approximate surface area is 77.8 Å². The number of hydrogen-bond donors (Lipinski definition) is 0. The standard InChI is InChI=1S/C11H11NO/c1-8-3-4-10-9(5-8)11(2,6-12)7-13-10/h3-5H,7H2,1-2H3. The molecule has 0 spiro atoms. The second-order valence-corrected chi connectivity index (χ2v) is 3.73. The zero-order valence-corrected chi connectivity index (χ0v) is 7.79. The van der Waals surface area contributed by atoms with Crippen LogP contribution in [0.15, 0.2) is 18.2 Å². The average molecular weight is 173 g/mol. The molecule has 1 aliphatic heterocycles. The van der Waals surface area contributed by atoms with Gasteiger partial charge in [-0.25, -0.2) is 0 Å². The first-order chi connectivity index (χ1) is 6.15. The van der Waals surface area contributed by atoms with E-state index in [1.165, 1.54) is 5.56 Å². The summed E-state index contributed by atoms with van der Waals surface area (Å²) in [5.41, 5.74) is 1.74. The fraction of sp³-hybridized carbons (Fsp3) is 0.364. The highest BCUT2D eigenvalue weighted by Gasteiger charge is 2.36. The van der Waals surface area contributed by atoms with Crippen molar-refractivity contribution in [3.05, 3.63) is 29.3 Å². The van der Waals surface area contributed by atoms with E-state index in [-0.39, 0.29) is 0 Å². The van der Waals surface area contributed by atoms with Crippen molar-refractivity contribution in [1.82, 2.24) is 0 Å². The molecule has 0 N–H and O–H groups in total. The normalized spacial score (nSPS) is 24.7. The Kier molecular flexibility index (Phi) is 1.56. The van der Waals surface area contributed by atoms with Gasteiger partial charge in [-0.15, -0.1) is 0 Å². The Morgan fingerprint density at radius 3 is 3.00 bits per heavy atom. The summed E-state index contributed by atoms with van der Waals surface area (Å²) >= 11 is 0. The second kappa shape index (κ2) is 2.50. The van der Waals surface area contributed by atoms with Crippen molar-refractivity contribution < 1.29 is 4.74 Å². The summed E-state index contributed by atoms with van der Waals surface area (Å²) in [5, 5.41) is 9.03. The number of aryl methyl sites for hydroxylation is 1. The van der Waals surface area contributed by atoms with Crippen molar-refractivity contribution in [2.75, 3.05) is 6.61 Å². The smallest absolute Gasteiger partial charge is 0.124 e. The molecule has 13 heavy (non-hydrogen) atoms. The molecule has 0 bridgehead atoms. The first-order valence-corrected chi connectivity index (χ1v) is 4.31. The molecule has 2 nitrogen and oxygen atoms in total. The van der Waals surface area contributed by atoms with E-state index in [0.717, 1.165) is 11.3 Å². The van der Waals surface area contributed by atoms with Crippen LogP contribution in [0.1, 0.15) is 18.1 Å². The van der Waals surface area contributed by atoms with Gasteiger partial charge >= 0.3 is 0 Å². The van der Waals surface area contributed by atoms with Crippen LogP contribution in [0.2, 0.25) is 0 Å². The SMILES string of the molecule is Cc1ccc2c(c1)C(C)(C#N)CO2. The van der Waals surface area contributed by atoms with E-state index in [0.29, 0.717) is 6.61 Å². The van der Waals surface area contributed by atoms with Gasteiger partial charge in [0.25, 0.3) is 0 Å². The second-order valence-electron chi connectivity index (χ2n) is 3.73. The lowest BCUT2D eigenvalue weighted by Gasteiger charge is -2.11. The lowest BCUT2D eigenvalue weighted by molar-refractivity contribution is 0.310. The third-order valence-corrected chi connectivity index (χ3v) is 2.49. The van der Waals surface area contributed by atoms with E-state index in [2.05, 4.69) is 6.07 Å². The molecular weight excluding hydrogens is 162 g/mol. The van der Waals surface area contributed by atoms with Gasteiger partial charge in [0.2, 0.25) is 0 Å². The molecule has 0 fully saturated rings. The molecule has 0 aliphatic carbocycles. The third kappa shape index (κ3) is 1.08. The summed E-state index contributed by atoms with van der Waals surface area (Å²) in [6.07, 6.45) is 0. The van der Waals surface area contributed by atoms with E-state index in [1.807, 2.05) is 32.0 Å². The maximum atomic E-state index is 9.03. The minimum Gasteiger partial charge on any atom is -0.491 e. The number of rotatable bonds is 0. The highest BCUT2D eigenvalue weighted by molar-refractivity contribution is 5.48. The van der Waals surface area contributed by atoms with E-state index in [9.17, 15) is 0 Å². The van der Waals surface area contributed by atoms with Gasteiger partial charge in [-0.05, 0) is 19.9 Å². The highest BCUT2D eigenvalue weighted by atomic mass is 16.5. The van der Waals surface area contributed by atoms with Gasteiger partial charge in [0, 0.05) is 5.56 Å². The Balaban J connectivity index is 2.60. The summed E-state index contributed by atoms with van der Waals surface area (Å²) in [6.45, 7) is 4.41. The number of fused-ring (bicyclic) bond motifs is 1. The molecule has 1 unspecified atom stereocenters. The van der Waals surface area contributed by atoms with Crippen LogP contribution >= 0.6 is 0 Å². The average Bonchev–Trinajstić information content (AvgIpc) is 2.45. The van der Waals surface area contributed by atoms with Crippen molar-refractivity contribution in [2.45, 2.75) is 19.3 Å². The maximum absolute atomic E-state index is 9.03. The first-order valence-electron chi connectivity index (χ1n) is 4.31. The van der Waals surface area contributed by atoms with E-state index in [4.69, 9.17) is 10.00 Å². The number of ether oxygens (including phenoxy) is 1. The van der Waals surface area contributed by atoms with Crippen molar-refractivity contribution in [2.24, 2.45) is 0 Å². The predicted octanol–water partition coefficient (Wildman–Crippen LogP) is 2.17. The molecule has 0 radical (unpaired) electrons. The summed E-state index contributed by atoms with van der Waals surface area (Å²) in [5.74, 6) is 0.856. The summed E-state index contributed by atoms with van der Waals surface area (Å²) in [6, 6.07) is 8.27. The number of hydrogen-bond acceptors (Lipinski definition) is 2. The van der Waals surface area contributed by atoms with Crippen molar-refractivity contribution in [3.63, 3.8) is 0 Å². The molecular formula is C11H11NO. The van der Waals surface area contributed by atoms with Crippen LogP contribution in [0, 0.1) is 18.3 Å². The lowest BCUT2D eigenvalue weighted by Crippen LogP contribution is -2.20. The molecule has 1 heterocycles. The number of nitrogens with zero attached hydrogens (tertiary/aromatic N) is 1. The zero-order chi connectivity index (χ0) is 9.47. The largest absolute Gasteiger partial charge is 0.491 e. The fourth-order valence-electron chi connectivity index (χ4n) is 1.59. The molecule has 66 valence electrons. The van der Waals surface area contributed by atoms with E-state index < -0.39 is 5.41 Å². The van der Waals surface area contributed by atoms with Gasteiger partial charge in [-0.2, -0.15) is 5.26 Å². The number of nitriles is 1. The first kappa shape index (κ1) is 8.12. The third-order valence-electron chi connectivity index (χ3n) is 2.49. The van der Waals surface area contributed by atoms with Gasteiger partial charge < -0.3 is 4.74 Å². The molecule has 2 rings (SSSR count). The van der Waals surface area contributed by atoms with Crippen molar-refractivity contribution in [1.29, 1.82) is 5.26 Å². The minimum absolute atomic E-state index is 0.457. The summed E-state index contributed by atoms with van der Waals surface area (Å²) in [7, 11) is 0. The van der Waals surface area contributed by atoms with Gasteiger partial charge in [0.1, 0.15) is 17.8 Å². The molecule has 0 aromatic heterocycles. The molecule has 2 heteroatoms. The monoisotopic (exact) mass is 173 g/mol. The zero-order valence-electron chi connectivity index (χ0n) is 7.79. The van der Waals surface area contributed by atoms with Crippen LogP contribution in [0.4, 0.5) is 0 Å². The van der Waals surface area contributed by atoms with Crippen LogP contribution in [0.5, 0.6) is 5.75 Å². The number of benzene rings is 1. The topological polar surface area (TPSA) is 33.0 Å². The Morgan fingerprint density at radius 2 is 2.31 bits per heavy atom. The predicted molar refractivity (Wildman–Crippen MR) is 49.6 cm³/mol. The Bertz CT molecular complexity index is 392. The van der Waals surface area contributed by atoms with Crippen molar-refractivity contribution in [3.8, 4) is 11.8 Å². The molecule has 1 aromatic rings. The van der Waals surface area contributed by atoms with Gasteiger partial charge in [-0.1, -0.05) is 17.7 Å². The van der Waals surface area contributed by atoms with E-state index >= 15 is 0 Å². The fourth-order valence-corrected chi connectivity index (χ4v) is 1.59. The van der Waals surface area contributed by atoms with Gasteiger partial charge in [0.15, 0.2) is 0 Å². The van der Waals surface area contributed by atoms with Gasteiger partial charge in [0.05, 0.1) is 6.07 Å². The molecule has 0 saturated heterocycles. The highest BCUT2D eigenvalue weighted by Crippen LogP contribution is 2.38. The molecule has 0 amide bonds. The molecule has 0 saturated carbocycles. The van der Waals surface area contributed by atoms with Gasteiger partial charge in [-0.3, -0.25) is 0 Å². The molecule has 1 atom stereocenters. The van der Waals surface area contributed by atoms with Crippen LogP contribution in [0.3, 0.4) is 0 Å². The lowest BCUT2D eigenvalue weighted by atomic mass is 9.86. The van der Waals surface area contributed by atoms with E-state index in [1.54, 1.807) is 0 Å². The Morgan fingerprint density at radius 1 is 1.54 bits per heavy atom. The van der Waals surface area contributed by atoms with Crippen LogP contribution in [0.25, 0.3) is 0 Å². The van der Waals surface area contributed by atoms with Crippen molar-refractivity contribution >= 4 is 0 Å². The van der Waals surface area contributed by atoms with Crippen LogP contribution in [-0.4, -0.2) is 6.61 Å².